The summed E-state index contributed by atoms with van der Waals surface area (Å²) in [5.41, 5.74) is 0. The molecule has 0 aliphatic heterocycles. The Morgan fingerprint density at radius 1 is 1.30 bits per heavy atom. The maximum atomic E-state index is 10.3. The van der Waals surface area contributed by atoms with Crippen LogP contribution in [0.4, 0.5) is 0 Å². The zero-order chi connectivity index (χ0) is 8.31. The van der Waals surface area contributed by atoms with E-state index in [0.29, 0.717) is 0 Å². The van der Waals surface area contributed by atoms with Crippen molar-refractivity contribution in [2.45, 2.75) is 19.1 Å². The van der Waals surface area contributed by atoms with E-state index in [1.807, 2.05) is 0 Å². The number of hydrogen-bond donors (Lipinski definition) is 2. The lowest BCUT2D eigenvalue weighted by atomic mass is 10.1. The Morgan fingerprint density at radius 3 is 1.80 bits per heavy atom. The highest BCUT2D eigenvalue weighted by Crippen LogP contribution is 2.01. The molecule has 0 amide bonds. The number of hydrogen-bond acceptors (Lipinski definition) is 4. The fourth-order valence-electron chi connectivity index (χ4n) is 0.346. The van der Waals surface area contributed by atoms with Crippen LogP contribution in [0.3, 0.4) is 0 Å². The number of carbonyl (C=O) groups is 2. The summed E-state index contributed by atoms with van der Waals surface area (Å²) in [6.07, 6.45) is -3.16. The molecular formula is C5H7IO4. The van der Waals surface area contributed by atoms with E-state index in [1.165, 1.54) is 22.6 Å². The van der Waals surface area contributed by atoms with Crippen LogP contribution in [0.2, 0.25) is 0 Å². The van der Waals surface area contributed by atoms with Gasteiger partial charge in [0.05, 0.1) is 0 Å². The molecule has 5 heteroatoms. The molecule has 0 heterocycles. The molecule has 10 heavy (non-hydrogen) atoms. The van der Waals surface area contributed by atoms with Crippen LogP contribution >= 0.6 is 22.6 Å². The van der Waals surface area contributed by atoms with E-state index in [9.17, 15) is 9.59 Å². The molecule has 2 atom stereocenters. The van der Waals surface area contributed by atoms with Crippen molar-refractivity contribution in [1.82, 2.24) is 0 Å². The second-order valence-electron chi connectivity index (χ2n) is 1.80. The van der Waals surface area contributed by atoms with E-state index in [1.54, 1.807) is 0 Å². The quantitative estimate of drug-likeness (QED) is 0.516. The molecule has 0 bridgehead atoms. The predicted molar refractivity (Wildman–Crippen MR) is 41.7 cm³/mol. The van der Waals surface area contributed by atoms with Gasteiger partial charge in [0, 0.05) is 22.6 Å². The second kappa shape index (κ2) is 3.99. The highest BCUT2D eigenvalue weighted by Gasteiger charge is 2.25. The van der Waals surface area contributed by atoms with E-state index < -0.39 is 21.8 Å². The monoisotopic (exact) mass is 258 g/mol. The summed E-state index contributed by atoms with van der Waals surface area (Å²) in [5.74, 6) is -0.613. The van der Waals surface area contributed by atoms with Gasteiger partial charge in [-0.1, -0.05) is 0 Å². The Morgan fingerprint density at radius 2 is 1.70 bits per heavy atom. The summed E-state index contributed by atoms with van der Waals surface area (Å²) in [5, 5.41) is 17.5. The summed E-state index contributed by atoms with van der Waals surface area (Å²) in [6, 6.07) is 0. The molecule has 0 spiro atoms. The van der Waals surface area contributed by atoms with Crippen molar-refractivity contribution < 1.29 is 19.8 Å². The van der Waals surface area contributed by atoms with Crippen LogP contribution in [0.5, 0.6) is 0 Å². The van der Waals surface area contributed by atoms with Crippen molar-refractivity contribution in [1.29, 1.82) is 0 Å². The molecule has 0 aromatic carbocycles. The number of carbonyl (C=O) groups excluding carboxylic acids is 2. The normalized spacial score (nSPS) is 16.0. The van der Waals surface area contributed by atoms with Gasteiger partial charge in [-0.15, -0.1) is 0 Å². The highest BCUT2D eigenvalue weighted by atomic mass is 127. The van der Waals surface area contributed by atoms with Gasteiger partial charge in [-0.2, -0.15) is 0 Å². The molecule has 0 aromatic rings. The largest absolute Gasteiger partial charge is 0.382 e. The number of rotatable bonds is 3. The molecule has 2 N–H and O–H groups in total. The molecule has 4 nitrogen and oxygen atoms in total. The van der Waals surface area contributed by atoms with Crippen molar-refractivity contribution in [3.63, 3.8) is 0 Å². The molecule has 58 valence electrons. The molecule has 0 aromatic heterocycles. The number of ketones is 1. The van der Waals surface area contributed by atoms with Gasteiger partial charge in [0.2, 0.25) is 3.79 Å². The third-order valence-corrected chi connectivity index (χ3v) is 1.59. The topological polar surface area (TPSA) is 74.6 Å². The smallest absolute Gasteiger partial charge is 0.223 e. The maximum Gasteiger partial charge on any atom is 0.223 e. The standard InChI is InChI=1S/C5H7IO4/c1-2(7)3(8)4(9)5(6)10/h3-4,8-9H,1H3/t3-,4+/m0/s1. The molecule has 0 radical (unpaired) electrons. The van der Waals surface area contributed by atoms with Crippen LogP contribution in [0.15, 0.2) is 0 Å². The van der Waals surface area contributed by atoms with Gasteiger partial charge in [-0.3, -0.25) is 9.59 Å². The summed E-state index contributed by atoms with van der Waals surface area (Å²) >= 11 is 1.32. The van der Waals surface area contributed by atoms with E-state index in [-0.39, 0.29) is 0 Å². The summed E-state index contributed by atoms with van der Waals surface area (Å²) in [7, 11) is 0. The molecule has 0 aliphatic carbocycles. The van der Waals surface area contributed by atoms with E-state index in [2.05, 4.69) is 0 Å². The summed E-state index contributed by atoms with van der Waals surface area (Å²) in [4.78, 5) is 20.6. The first-order chi connectivity index (χ1) is 4.46. The lowest BCUT2D eigenvalue weighted by Gasteiger charge is -2.09. The summed E-state index contributed by atoms with van der Waals surface area (Å²) in [6.45, 7) is 1.10. The minimum atomic E-state index is -1.59. The predicted octanol–water partition coefficient (Wildman–Crippen LogP) is -0.741. The zero-order valence-electron chi connectivity index (χ0n) is 5.24. The molecule has 0 fully saturated rings. The fraction of sp³-hybridized carbons (Fsp3) is 0.600. The van der Waals surface area contributed by atoms with Crippen molar-refractivity contribution in [3.05, 3.63) is 0 Å². The van der Waals surface area contributed by atoms with Crippen molar-refractivity contribution in [3.8, 4) is 0 Å². The van der Waals surface area contributed by atoms with Gasteiger partial charge in [-0.25, -0.2) is 0 Å². The maximum absolute atomic E-state index is 10.3. The third kappa shape index (κ3) is 2.72. The van der Waals surface area contributed by atoms with E-state index in [0.717, 1.165) is 6.92 Å². The summed E-state index contributed by atoms with van der Waals surface area (Å²) < 4.78 is -0.639. The number of halogens is 1. The highest BCUT2D eigenvalue weighted by molar-refractivity contribution is 14.1. The molecule has 0 saturated heterocycles. The molecular weight excluding hydrogens is 251 g/mol. The van der Waals surface area contributed by atoms with Crippen LogP contribution < -0.4 is 0 Å². The lowest BCUT2D eigenvalue weighted by Crippen LogP contribution is -2.36. The molecule has 0 rings (SSSR count). The average molecular weight is 258 g/mol. The Balaban J connectivity index is 4.07. The minimum absolute atomic E-state index is 0.613. The molecule has 0 unspecified atom stereocenters. The second-order valence-corrected chi connectivity index (χ2v) is 2.87. The van der Waals surface area contributed by atoms with Crippen LogP contribution in [-0.4, -0.2) is 32.0 Å². The Bertz CT molecular complexity index is 138. The first-order valence-corrected chi connectivity index (χ1v) is 3.60. The molecule has 0 saturated carbocycles. The Hall–Kier alpha value is -0.0100. The van der Waals surface area contributed by atoms with E-state index in [4.69, 9.17) is 10.2 Å². The van der Waals surface area contributed by atoms with Crippen LogP contribution in [0.1, 0.15) is 6.92 Å². The van der Waals surface area contributed by atoms with Crippen LogP contribution in [0, 0.1) is 0 Å². The average Bonchev–Trinajstić information content (AvgIpc) is 1.84. The Kier molecular flexibility index (Phi) is 3.99. The fourth-order valence-corrected chi connectivity index (χ4v) is 0.687. The van der Waals surface area contributed by atoms with Crippen molar-refractivity contribution >= 4 is 32.2 Å². The van der Waals surface area contributed by atoms with Gasteiger partial charge in [0.25, 0.3) is 0 Å². The first kappa shape index (κ1) is 9.99. The number of aliphatic hydroxyl groups is 2. The van der Waals surface area contributed by atoms with Gasteiger partial charge in [0.1, 0.15) is 6.10 Å². The van der Waals surface area contributed by atoms with Gasteiger partial charge in [0.15, 0.2) is 11.9 Å². The molecule has 0 aliphatic rings. The van der Waals surface area contributed by atoms with Crippen molar-refractivity contribution in [2.75, 3.05) is 0 Å². The van der Waals surface area contributed by atoms with Crippen LogP contribution in [-0.2, 0) is 9.59 Å². The van der Waals surface area contributed by atoms with Crippen molar-refractivity contribution in [2.24, 2.45) is 0 Å². The van der Waals surface area contributed by atoms with E-state index >= 15 is 0 Å². The third-order valence-electron chi connectivity index (χ3n) is 0.948. The number of Topliss-reactive ketones (excluding diaryl/α,β-unsaturated/α-hetero) is 1. The number of aliphatic hydroxyl groups excluding tert-OH is 2. The van der Waals surface area contributed by atoms with Gasteiger partial charge in [-0.05, 0) is 6.92 Å². The Labute approximate surface area is 71.4 Å². The lowest BCUT2D eigenvalue weighted by molar-refractivity contribution is -0.136. The minimum Gasteiger partial charge on any atom is -0.382 e. The first-order valence-electron chi connectivity index (χ1n) is 2.52. The van der Waals surface area contributed by atoms with Crippen LogP contribution in [0.25, 0.3) is 0 Å². The zero-order valence-corrected chi connectivity index (χ0v) is 7.40. The van der Waals surface area contributed by atoms with Gasteiger partial charge < -0.3 is 10.2 Å². The van der Waals surface area contributed by atoms with Gasteiger partial charge >= 0.3 is 0 Å². The SMILES string of the molecule is CC(=O)[C@H](O)[C@@H](O)C(=O)I.